The molecule has 1 aliphatic rings. The minimum atomic E-state index is 0.0889. The molecule has 21 heavy (non-hydrogen) atoms. The van der Waals surface area contributed by atoms with Crippen LogP contribution in [0.5, 0.6) is 0 Å². The van der Waals surface area contributed by atoms with E-state index in [1.807, 2.05) is 19.0 Å². The smallest absolute Gasteiger partial charge is 0.156 e. The molecule has 0 atom stereocenters. The van der Waals surface area contributed by atoms with Crippen LogP contribution < -0.4 is 21.3 Å². The number of hydrogen-bond donors (Lipinski definition) is 3. The van der Waals surface area contributed by atoms with Gasteiger partial charge in [-0.2, -0.15) is 0 Å². The normalized spacial score (nSPS) is 21.0. The minimum absolute atomic E-state index is 0.0889. The van der Waals surface area contributed by atoms with E-state index in [0.29, 0.717) is 11.7 Å². The minimum Gasteiger partial charge on any atom is -0.393 e. The molecule has 1 aromatic rings. The van der Waals surface area contributed by atoms with E-state index in [4.69, 9.17) is 5.73 Å². The highest BCUT2D eigenvalue weighted by atomic mass is 15.2. The molecule has 1 fully saturated rings. The average molecular weight is 292 g/mol. The molecule has 0 saturated carbocycles. The quantitative estimate of drug-likeness (QED) is 0.789. The Labute approximate surface area is 127 Å². The van der Waals surface area contributed by atoms with Crippen molar-refractivity contribution in [3.8, 4) is 0 Å². The summed E-state index contributed by atoms with van der Waals surface area (Å²) in [6.45, 7) is 8.93. The first-order valence-corrected chi connectivity index (χ1v) is 7.43. The lowest BCUT2D eigenvalue weighted by molar-refractivity contribution is 0.170. The van der Waals surface area contributed by atoms with Gasteiger partial charge in [-0.25, -0.2) is 9.97 Å². The fourth-order valence-corrected chi connectivity index (χ4v) is 3.48. The first kappa shape index (κ1) is 15.8. The highest BCUT2D eigenvalue weighted by Crippen LogP contribution is 2.32. The standard InChI is InChI=1S/C15H28N6/c1-14(2)7-10(8-15(3,4)20-14)19-12-11(16)13(21(5)6)18-9-17-12/h9-10,20H,7-8,16H2,1-6H3,(H,17,18,19). The van der Waals surface area contributed by atoms with E-state index in [1.165, 1.54) is 0 Å². The Morgan fingerprint density at radius 2 is 1.76 bits per heavy atom. The molecule has 4 N–H and O–H groups in total. The van der Waals surface area contributed by atoms with Crippen molar-refractivity contribution in [2.75, 3.05) is 30.0 Å². The fourth-order valence-electron chi connectivity index (χ4n) is 3.48. The van der Waals surface area contributed by atoms with Crippen molar-refractivity contribution in [3.05, 3.63) is 6.33 Å². The van der Waals surface area contributed by atoms with Gasteiger partial charge >= 0.3 is 0 Å². The van der Waals surface area contributed by atoms with Gasteiger partial charge in [0.2, 0.25) is 0 Å². The van der Waals surface area contributed by atoms with Crippen LogP contribution in [-0.2, 0) is 0 Å². The molecule has 0 unspecified atom stereocenters. The molecule has 6 nitrogen and oxygen atoms in total. The largest absolute Gasteiger partial charge is 0.393 e. The molecule has 1 aliphatic heterocycles. The summed E-state index contributed by atoms with van der Waals surface area (Å²) in [6.07, 6.45) is 3.61. The Bertz CT molecular complexity index is 493. The summed E-state index contributed by atoms with van der Waals surface area (Å²) >= 11 is 0. The Balaban J connectivity index is 2.20. The van der Waals surface area contributed by atoms with Crippen molar-refractivity contribution in [2.45, 2.75) is 57.7 Å². The molecule has 0 spiro atoms. The summed E-state index contributed by atoms with van der Waals surface area (Å²) in [6, 6.07) is 0.337. The van der Waals surface area contributed by atoms with Crippen molar-refractivity contribution in [3.63, 3.8) is 0 Å². The van der Waals surface area contributed by atoms with Gasteiger partial charge in [0.15, 0.2) is 11.6 Å². The zero-order valence-corrected chi connectivity index (χ0v) is 14.0. The van der Waals surface area contributed by atoms with Crippen molar-refractivity contribution < 1.29 is 0 Å². The molecule has 1 saturated heterocycles. The Kier molecular flexibility index (Phi) is 4.02. The van der Waals surface area contributed by atoms with Gasteiger partial charge in [0.05, 0.1) is 0 Å². The van der Waals surface area contributed by atoms with Crippen LogP contribution in [-0.4, -0.2) is 41.2 Å². The van der Waals surface area contributed by atoms with Crippen molar-refractivity contribution in [2.24, 2.45) is 0 Å². The molecule has 0 amide bonds. The van der Waals surface area contributed by atoms with Crippen LogP contribution in [0.1, 0.15) is 40.5 Å². The lowest BCUT2D eigenvalue weighted by Crippen LogP contribution is -2.60. The van der Waals surface area contributed by atoms with Crippen LogP contribution in [0.15, 0.2) is 6.33 Å². The molecule has 0 bridgehead atoms. The number of nitrogen functional groups attached to an aromatic ring is 1. The van der Waals surface area contributed by atoms with Crippen LogP contribution in [0.2, 0.25) is 0 Å². The van der Waals surface area contributed by atoms with E-state index in [1.54, 1.807) is 6.33 Å². The number of piperidine rings is 1. The van der Waals surface area contributed by atoms with Gasteiger partial charge in [-0.15, -0.1) is 0 Å². The van der Waals surface area contributed by atoms with E-state index >= 15 is 0 Å². The van der Waals surface area contributed by atoms with Gasteiger partial charge in [-0.3, -0.25) is 0 Å². The van der Waals surface area contributed by atoms with E-state index in [-0.39, 0.29) is 11.1 Å². The highest BCUT2D eigenvalue weighted by molar-refractivity contribution is 5.74. The third-order valence-electron chi connectivity index (χ3n) is 3.82. The maximum atomic E-state index is 6.19. The maximum Gasteiger partial charge on any atom is 0.156 e. The molecular formula is C15H28N6. The van der Waals surface area contributed by atoms with Crippen molar-refractivity contribution in [1.29, 1.82) is 0 Å². The Morgan fingerprint density at radius 1 is 1.19 bits per heavy atom. The number of nitrogens with two attached hydrogens (primary N) is 1. The molecule has 2 rings (SSSR count). The van der Waals surface area contributed by atoms with Gasteiger partial charge in [-0.1, -0.05) is 0 Å². The lowest BCUT2D eigenvalue weighted by atomic mass is 9.79. The van der Waals surface area contributed by atoms with Gasteiger partial charge in [0.1, 0.15) is 12.0 Å². The van der Waals surface area contributed by atoms with Crippen LogP contribution in [0.3, 0.4) is 0 Å². The number of nitrogens with one attached hydrogen (secondary N) is 2. The predicted octanol–water partition coefficient (Wildman–Crippen LogP) is 1.85. The van der Waals surface area contributed by atoms with Crippen LogP contribution in [0.4, 0.5) is 17.3 Å². The van der Waals surface area contributed by atoms with Crippen LogP contribution in [0, 0.1) is 0 Å². The van der Waals surface area contributed by atoms with Gasteiger partial charge in [0.25, 0.3) is 0 Å². The third-order valence-corrected chi connectivity index (χ3v) is 3.82. The number of anilines is 3. The van der Waals surface area contributed by atoms with E-state index < -0.39 is 0 Å². The van der Waals surface area contributed by atoms with Gasteiger partial charge < -0.3 is 21.3 Å². The van der Waals surface area contributed by atoms with E-state index in [9.17, 15) is 0 Å². The summed E-state index contributed by atoms with van der Waals surface area (Å²) < 4.78 is 0. The molecule has 1 aromatic heterocycles. The first-order chi connectivity index (χ1) is 9.60. The topological polar surface area (TPSA) is 79.1 Å². The van der Waals surface area contributed by atoms with Crippen molar-refractivity contribution >= 4 is 17.3 Å². The van der Waals surface area contributed by atoms with E-state index in [0.717, 1.165) is 24.5 Å². The Morgan fingerprint density at radius 3 is 2.29 bits per heavy atom. The van der Waals surface area contributed by atoms with Gasteiger partial charge in [-0.05, 0) is 40.5 Å². The monoisotopic (exact) mass is 292 g/mol. The van der Waals surface area contributed by atoms with Crippen LogP contribution >= 0.6 is 0 Å². The summed E-state index contributed by atoms with van der Waals surface area (Å²) in [4.78, 5) is 10.4. The summed E-state index contributed by atoms with van der Waals surface area (Å²) in [7, 11) is 3.86. The molecular weight excluding hydrogens is 264 g/mol. The highest BCUT2D eigenvalue weighted by Gasteiger charge is 2.37. The molecule has 0 radical (unpaired) electrons. The average Bonchev–Trinajstić information content (AvgIpc) is 2.27. The van der Waals surface area contributed by atoms with Crippen molar-refractivity contribution in [1.82, 2.24) is 15.3 Å². The number of hydrogen-bond acceptors (Lipinski definition) is 6. The second-order valence-corrected chi connectivity index (χ2v) is 7.50. The molecule has 6 heteroatoms. The third kappa shape index (κ3) is 3.75. The predicted molar refractivity (Wildman–Crippen MR) is 88.7 cm³/mol. The number of nitrogens with zero attached hydrogens (tertiary/aromatic N) is 3. The van der Waals surface area contributed by atoms with Crippen LogP contribution in [0.25, 0.3) is 0 Å². The number of rotatable bonds is 3. The summed E-state index contributed by atoms with van der Waals surface area (Å²) in [5.74, 6) is 1.48. The second kappa shape index (κ2) is 5.33. The lowest BCUT2D eigenvalue weighted by Gasteiger charge is -2.46. The molecule has 118 valence electrons. The van der Waals surface area contributed by atoms with Gasteiger partial charge in [0, 0.05) is 31.2 Å². The maximum absolute atomic E-state index is 6.19. The van der Waals surface area contributed by atoms with E-state index in [2.05, 4.69) is 48.3 Å². The SMILES string of the molecule is CN(C)c1ncnc(NC2CC(C)(C)NC(C)(C)C2)c1N. The fraction of sp³-hybridized carbons (Fsp3) is 0.733. The first-order valence-electron chi connectivity index (χ1n) is 7.43. The molecule has 0 aliphatic carbocycles. The molecule has 2 heterocycles. The zero-order valence-electron chi connectivity index (χ0n) is 14.0. The molecule has 0 aromatic carbocycles. The second-order valence-electron chi connectivity index (χ2n) is 7.50. The summed E-state index contributed by atoms with van der Waals surface area (Å²) in [5, 5.41) is 7.19. The zero-order chi connectivity index (χ0) is 15.8. The summed E-state index contributed by atoms with van der Waals surface area (Å²) in [5.41, 5.74) is 6.98. The number of aromatic nitrogens is 2. The Hall–Kier alpha value is -1.56.